The van der Waals surface area contributed by atoms with Crippen molar-refractivity contribution in [3.05, 3.63) is 120 Å². The van der Waals surface area contributed by atoms with Crippen LogP contribution < -0.4 is 10.7 Å². The average molecular weight is 547 g/mol. The molecule has 0 aromatic heterocycles. The fourth-order valence-electron chi connectivity index (χ4n) is 5.35. The first-order chi connectivity index (χ1) is 19.7. The van der Waals surface area contributed by atoms with Crippen molar-refractivity contribution in [3.63, 3.8) is 0 Å². The summed E-state index contributed by atoms with van der Waals surface area (Å²) in [5.41, 5.74) is 0. The monoisotopic (exact) mass is 546 g/mol. The van der Waals surface area contributed by atoms with Crippen LogP contribution in [0.4, 0.5) is 0 Å². The summed E-state index contributed by atoms with van der Waals surface area (Å²) in [6.45, 7) is 0. The van der Waals surface area contributed by atoms with Gasteiger partial charge in [-0.25, -0.2) is 0 Å². The molecule has 0 aliphatic carbocycles. The molecule has 0 bridgehead atoms. The summed E-state index contributed by atoms with van der Waals surface area (Å²) < 4.78 is 0. The number of fused-ring (bicyclic) bond motifs is 6. The third-order valence-electron chi connectivity index (χ3n) is 7.02. The van der Waals surface area contributed by atoms with Crippen molar-refractivity contribution in [2.75, 3.05) is 0 Å². The lowest BCUT2D eigenvalue weighted by molar-refractivity contribution is 1.36. The normalized spacial score (nSPS) is 12.4. The van der Waals surface area contributed by atoms with Gasteiger partial charge in [0, 0.05) is 41.1 Å². The van der Waals surface area contributed by atoms with Crippen molar-refractivity contribution >= 4 is 66.6 Å². The van der Waals surface area contributed by atoms with Gasteiger partial charge in [0.05, 0.1) is 10.7 Å². The summed E-state index contributed by atoms with van der Waals surface area (Å²) >= 11 is 3.36. The fraction of sp³-hybridized carbons (Fsp3) is 0. The Morgan fingerprint density at radius 1 is 0.400 bits per heavy atom. The number of hydrogen-bond donors (Lipinski definition) is 0. The topological polar surface area (TPSA) is 72.3 Å². The third kappa shape index (κ3) is 4.12. The van der Waals surface area contributed by atoms with Crippen molar-refractivity contribution in [2.45, 2.75) is 19.6 Å². The van der Waals surface area contributed by atoms with Gasteiger partial charge >= 0.3 is 0 Å². The lowest BCUT2D eigenvalue weighted by atomic mass is 10.1. The fourth-order valence-corrected chi connectivity index (χ4v) is 7.11. The van der Waals surface area contributed by atoms with E-state index >= 15 is 0 Å². The van der Waals surface area contributed by atoms with E-state index < -0.39 is 0 Å². The van der Waals surface area contributed by atoms with Gasteiger partial charge in [0.25, 0.3) is 0 Å². The van der Waals surface area contributed by atoms with E-state index in [1.54, 1.807) is 23.5 Å². The van der Waals surface area contributed by atoms with Gasteiger partial charge < -0.3 is 0 Å². The molecule has 0 aliphatic rings. The second kappa shape index (κ2) is 10.0. The lowest BCUT2D eigenvalue weighted by Crippen LogP contribution is -2.00. The number of hydrogen-bond acceptors (Lipinski definition) is 6. The first kappa shape index (κ1) is 24.2. The molecule has 0 radical (unpaired) electrons. The highest BCUT2D eigenvalue weighted by molar-refractivity contribution is 7.99. The molecule has 0 amide bonds. The van der Waals surface area contributed by atoms with Crippen LogP contribution in [0.5, 0.6) is 0 Å². The van der Waals surface area contributed by atoms with Crippen LogP contribution >= 0.6 is 23.5 Å². The zero-order valence-electron chi connectivity index (χ0n) is 21.0. The molecule has 0 atom stereocenters. The molecule has 0 saturated heterocycles. The van der Waals surface area contributed by atoms with Crippen molar-refractivity contribution < 1.29 is 0 Å². The largest absolute Gasteiger partial charge is 0.206 e. The first-order valence-corrected chi connectivity index (χ1v) is 14.2. The minimum atomic E-state index is 0.651. The van der Waals surface area contributed by atoms with Gasteiger partial charge in [-0.2, -0.15) is 20.5 Å². The highest BCUT2D eigenvalue weighted by atomic mass is 32.2. The molecule has 0 fully saturated rings. The van der Waals surface area contributed by atoms with Gasteiger partial charge in [0.1, 0.15) is 0 Å². The highest BCUT2D eigenvalue weighted by Crippen LogP contribution is 2.37. The smallest absolute Gasteiger partial charge is 0.172 e. The van der Waals surface area contributed by atoms with Gasteiger partial charge in [0.2, 0.25) is 12.4 Å². The van der Waals surface area contributed by atoms with E-state index in [-0.39, 0.29) is 0 Å². The van der Waals surface area contributed by atoms with Gasteiger partial charge in [-0.1, -0.05) is 72.1 Å². The average Bonchev–Trinajstić information content (AvgIpc) is 3.44. The Labute approximate surface area is 238 Å². The van der Waals surface area contributed by atoms with Crippen molar-refractivity contribution in [2.24, 2.45) is 9.98 Å². The van der Waals surface area contributed by atoms with Gasteiger partial charge in [0.15, 0.2) is 0 Å². The summed E-state index contributed by atoms with van der Waals surface area (Å²) in [4.78, 5) is 13.0. The van der Waals surface area contributed by atoms with Gasteiger partial charge in [-0.3, -0.25) is 0 Å². The van der Waals surface area contributed by atoms with E-state index in [2.05, 4.69) is 76.7 Å². The molecule has 6 heteroatoms. The zero-order valence-corrected chi connectivity index (χ0v) is 22.6. The van der Waals surface area contributed by atoms with Crippen LogP contribution in [0.1, 0.15) is 0 Å². The van der Waals surface area contributed by atoms with Crippen molar-refractivity contribution in [1.82, 2.24) is 0 Å². The quantitative estimate of drug-likeness (QED) is 0.208. The maximum absolute atomic E-state index is 9.59. The van der Waals surface area contributed by atoms with Gasteiger partial charge in [-0.05, 0) is 82.2 Å². The molecular weight excluding hydrogens is 529 g/mol. The highest BCUT2D eigenvalue weighted by Gasteiger charge is 2.16. The Hall–Kier alpha value is -4.88. The van der Waals surface area contributed by atoms with Crippen molar-refractivity contribution in [1.29, 1.82) is 10.5 Å². The standard InChI is InChI=1S/C34H18N4S2/c35-19-37-33-29-15-23(39-21-7-3-1-4-8-21)11-13-25(29)27-17-28-26-14-12-24(40-22-9-5-2-6-10-22)16-30(26)34(38-20-36)32(28)18-31(27)33/h1-18H. The summed E-state index contributed by atoms with van der Waals surface area (Å²) in [6.07, 6.45) is 4.02. The SMILES string of the molecule is N#CN=c1c2cc(Sc3ccccc3)ccc2c2cc3c(cc12)c(=NC#N)c1cc(Sc2ccccc2)ccc13. The number of benzene rings is 5. The molecular formula is C34H18N4S2. The van der Waals surface area contributed by atoms with Crippen LogP contribution in [0.25, 0.3) is 43.1 Å². The molecule has 0 heterocycles. The molecule has 4 nitrogen and oxygen atoms in total. The molecule has 0 aliphatic heterocycles. The number of nitriles is 2. The molecule has 0 spiro atoms. The van der Waals surface area contributed by atoms with Crippen LogP contribution in [-0.4, -0.2) is 0 Å². The molecule has 40 heavy (non-hydrogen) atoms. The van der Waals surface area contributed by atoms with E-state index in [9.17, 15) is 10.5 Å². The van der Waals surface area contributed by atoms with Gasteiger partial charge in [-0.15, -0.1) is 0 Å². The Morgan fingerprint density at radius 3 is 1.23 bits per heavy atom. The Kier molecular flexibility index (Phi) is 6.06. The van der Waals surface area contributed by atoms with E-state index in [0.29, 0.717) is 10.7 Å². The first-order valence-electron chi connectivity index (χ1n) is 12.6. The second-order valence-electron chi connectivity index (χ2n) is 9.31. The van der Waals surface area contributed by atoms with E-state index in [1.165, 1.54) is 0 Å². The Bertz CT molecular complexity index is 2120. The molecule has 0 saturated carbocycles. The van der Waals surface area contributed by atoms with Crippen LogP contribution in [-0.2, 0) is 0 Å². The van der Waals surface area contributed by atoms with Crippen LogP contribution in [0.15, 0.2) is 139 Å². The predicted molar refractivity (Wildman–Crippen MR) is 162 cm³/mol. The maximum Gasteiger partial charge on any atom is 0.206 e. The molecule has 7 rings (SSSR count). The predicted octanol–water partition coefficient (Wildman–Crippen LogP) is 8.24. The third-order valence-corrected chi connectivity index (χ3v) is 9.02. The minimum Gasteiger partial charge on any atom is -0.172 e. The lowest BCUT2D eigenvalue weighted by Gasteiger charge is -2.02. The number of nitrogens with zero attached hydrogens (tertiary/aromatic N) is 4. The summed E-state index contributed by atoms with van der Waals surface area (Å²) in [6, 6.07) is 37.3. The summed E-state index contributed by atoms with van der Waals surface area (Å²) in [5.74, 6) is 0. The molecule has 186 valence electrons. The van der Waals surface area contributed by atoms with Crippen LogP contribution in [0, 0.1) is 22.9 Å². The van der Waals surface area contributed by atoms with E-state index in [0.717, 1.165) is 62.7 Å². The molecule has 0 unspecified atom stereocenters. The van der Waals surface area contributed by atoms with E-state index in [1.807, 2.05) is 54.9 Å². The second-order valence-corrected chi connectivity index (χ2v) is 11.6. The van der Waals surface area contributed by atoms with Crippen LogP contribution in [0.3, 0.4) is 0 Å². The zero-order chi connectivity index (χ0) is 27.1. The maximum atomic E-state index is 9.59. The van der Waals surface area contributed by atoms with E-state index in [4.69, 9.17) is 0 Å². The summed E-state index contributed by atoms with van der Waals surface area (Å²) in [5, 5.41) is 28.3. The summed E-state index contributed by atoms with van der Waals surface area (Å²) in [7, 11) is 0. The minimum absolute atomic E-state index is 0.651. The molecule has 7 aromatic carbocycles. The van der Waals surface area contributed by atoms with Crippen molar-refractivity contribution in [3.8, 4) is 12.4 Å². The Balaban J connectivity index is 1.47. The van der Waals surface area contributed by atoms with Crippen LogP contribution in [0.2, 0.25) is 0 Å². The molecule has 0 N–H and O–H groups in total. The molecule has 7 aromatic rings. The Morgan fingerprint density at radius 2 is 0.800 bits per heavy atom. The number of rotatable bonds is 4.